The maximum Gasteiger partial charge on any atom is 0.315 e. The van der Waals surface area contributed by atoms with Gasteiger partial charge in [0.15, 0.2) is 5.78 Å². The highest BCUT2D eigenvalue weighted by Gasteiger charge is 2.46. The van der Waals surface area contributed by atoms with Gasteiger partial charge in [0.05, 0.1) is 6.61 Å². The third kappa shape index (κ3) is 4.17. The molecule has 1 unspecified atom stereocenters. The summed E-state index contributed by atoms with van der Waals surface area (Å²) in [6, 6.07) is 13.9. The largest absolute Gasteiger partial charge is 0.465 e. The lowest BCUT2D eigenvalue weighted by atomic mass is 9.68. The molecule has 156 valence electrons. The van der Waals surface area contributed by atoms with E-state index in [0.29, 0.717) is 25.0 Å². The number of aliphatic imine (C=N–C) groups is 1. The van der Waals surface area contributed by atoms with E-state index in [-0.39, 0.29) is 23.1 Å². The first kappa shape index (κ1) is 20.7. The molecule has 0 spiro atoms. The van der Waals surface area contributed by atoms with E-state index < -0.39 is 5.92 Å². The van der Waals surface area contributed by atoms with Crippen LogP contribution in [0.5, 0.6) is 0 Å². The van der Waals surface area contributed by atoms with Crippen LogP contribution in [0.3, 0.4) is 0 Å². The van der Waals surface area contributed by atoms with Crippen LogP contribution in [0.25, 0.3) is 0 Å². The summed E-state index contributed by atoms with van der Waals surface area (Å²) >= 11 is 1.58. The van der Waals surface area contributed by atoms with Gasteiger partial charge in [-0.1, -0.05) is 50.2 Å². The minimum atomic E-state index is -0.552. The van der Waals surface area contributed by atoms with Crippen molar-refractivity contribution in [2.45, 2.75) is 46.0 Å². The number of esters is 1. The smallest absolute Gasteiger partial charge is 0.315 e. The van der Waals surface area contributed by atoms with Gasteiger partial charge in [-0.15, -0.1) is 11.3 Å². The second kappa shape index (κ2) is 8.31. The van der Waals surface area contributed by atoms with Crippen LogP contribution in [0.2, 0.25) is 0 Å². The van der Waals surface area contributed by atoms with Gasteiger partial charge in [-0.25, -0.2) is 0 Å². The van der Waals surface area contributed by atoms with Gasteiger partial charge in [-0.3, -0.25) is 14.6 Å². The maximum atomic E-state index is 13.2. The van der Waals surface area contributed by atoms with Crippen molar-refractivity contribution in [1.82, 2.24) is 0 Å². The summed E-state index contributed by atoms with van der Waals surface area (Å²) in [6.07, 6.45) is 1.90. The van der Waals surface area contributed by atoms with Crippen LogP contribution in [0.4, 0.5) is 0 Å². The Morgan fingerprint density at radius 3 is 2.63 bits per heavy atom. The van der Waals surface area contributed by atoms with E-state index >= 15 is 0 Å². The molecule has 2 aromatic rings. The zero-order chi connectivity index (χ0) is 21.3. The van der Waals surface area contributed by atoms with Gasteiger partial charge in [0, 0.05) is 40.6 Å². The fourth-order valence-electron chi connectivity index (χ4n) is 4.53. The molecule has 0 N–H and O–H groups in total. The molecule has 0 bridgehead atoms. The van der Waals surface area contributed by atoms with E-state index in [0.717, 1.165) is 28.3 Å². The molecular formula is C25H27NO3S. The lowest BCUT2D eigenvalue weighted by Crippen LogP contribution is -2.39. The van der Waals surface area contributed by atoms with Crippen molar-refractivity contribution in [1.29, 1.82) is 0 Å². The molecule has 1 aromatic carbocycles. The number of nitrogens with zero attached hydrogens (tertiary/aromatic N) is 1. The number of rotatable bonds is 5. The highest BCUT2D eigenvalue weighted by Crippen LogP contribution is 2.48. The maximum absolute atomic E-state index is 13.2. The van der Waals surface area contributed by atoms with Gasteiger partial charge in [-0.2, -0.15) is 0 Å². The van der Waals surface area contributed by atoms with Crippen LogP contribution in [0.15, 0.2) is 64.1 Å². The molecule has 4 nitrogen and oxygen atoms in total. The second-order valence-electron chi connectivity index (χ2n) is 8.93. The topological polar surface area (TPSA) is 55.7 Å². The van der Waals surface area contributed by atoms with E-state index in [1.165, 1.54) is 0 Å². The summed E-state index contributed by atoms with van der Waals surface area (Å²) in [4.78, 5) is 32.1. The van der Waals surface area contributed by atoms with Gasteiger partial charge in [0.2, 0.25) is 0 Å². The Morgan fingerprint density at radius 2 is 1.93 bits per heavy atom. The van der Waals surface area contributed by atoms with Crippen LogP contribution in [-0.2, 0) is 20.7 Å². The van der Waals surface area contributed by atoms with Crippen molar-refractivity contribution in [3.63, 3.8) is 0 Å². The van der Waals surface area contributed by atoms with Crippen LogP contribution in [0, 0.1) is 11.3 Å². The summed E-state index contributed by atoms with van der Waals surface area (Å²) < 4.78 is 5.69. The van der Waals surface area contributed by atoms with Crippen LogP contribution in [0.1, 0.15) is 50.0 Å². The third-order valence-corrected chi connectivity index (χ3v) is 6.84. The Bertz CT molecular complexity index is 1000. The highest BCUT2D eigenvalue weighted by molar-refractivity contribution is 7.10. The fraction of sp³-hybridized carbons (Fsp3) is 0.400. The third-order valence-electron chi connectivity index (χ3n) is 5.88. The molecule has 0 saturated heterocycles. The molecule has 0 saturated carbocycles. The van der Waals surface area contributed by atoms with Crippen molar-refractivity contribution < 1.29 is 14.3 Å². The molecule has 4 rings (SSSR count). The predicted molar refractivity (Wildman–Crippen MR) is 120 cm³/mol. The average molecular weight is 422 g/mol. The number of benzene rings is 1. The number of ketones is 1. The van der Waals surface area contributed by atoms with Gasteiger partial charge >= 0.3 is 5.97 Å². The number of hydrogen-bond donors (Lipinski definition) is 0. The van der Waals surface area contributed by atoms with Crippen molar-refractivity contribution in [2.24, 2.45) is 16.3 Å². The Hall–Kier alpha value is -2.53. The molecule has 0 radical (unpaired) electrons. The van der Waals surface area contributed by atoms with E-state index in [9.17, 15) is 9.59 Å². The molecule has 2 heterocycles. The number of carbonyl (C=O) groups excluding carboxylic acids is 2. The number of Topliss-reactive ketones (excluding diaryl/α,β-unsaturated/α-hetero) is 1. The summed E-state index contributed by atoms with van der Waals surface area (Å²) in [7, 11) is 0. The summed E-state index contributed by atoms with van der Waals surface area (Å²) in [5.41, 5.74) is 3.32. The van der Waals surface area contributed by atoms with E-state index in [2.05, 4.69) is 13.8 Å². The molecule has 0 amide bonds. The summed E-state index contributed by atoms with van der Waals surface area (Å²) in [5, 5.41) is 1.99. The standard InChI is InChI=1S/C25H27NO3S/c1-16-21(24(28)29-12-11-17-8-5-4-6-9-17)23(20-10-7-13-30-20)22-18(26-16)14-25(2,3)15-19(22)27/h4-10,13,21,23H,11-12,14-15H2,1-3H3/t21?,23-/m0/s1. The molecule has 5 heteroatoms. The minimum Gasteiger partial charge on any atom is -0.465 e. The minimum absolute atomic E-state index is 0.108. The van der Waals surface area contributed by atoms with Crippen LogP contribution < -0.4 is 0 Å². The first-order valence-corrected chi connectivity index (χ1v) is 11.3. The lowest BCUT2D eigenvalue weighted by molar-refractivity contribution is -0.146. The Kier molecular flexibility index (Phi) is 5.74. The summed E-state index contributed by atoms with van der Waals surface area (Å²) in [5.74, 6) is -1.04. The Labute approximate surface area is 181 Å². The first-order chi connectivity index (χ1) is 14.4. The van der Waals surface area contributed by atoms with E-state index in [1.807, 2.05) is 54.8 Å². The predicted octanol–water partition coefficient (Wildman–Crippen LogP) is 5.35. The van der Waals surface area contributed by atoms with Crippen LogP contribution >= 0.6 is 11.3 Å². The molecular weight excluding hydrogens is 394 g/mol. The van der Waals surface area contributed by atoms with Gasteiger partial charge in [0.1, 0.15) is 5.92 Å². The van der Waals surface area contributed by atoms with Crippen molar-refractivity contribution in [3.8, 4) is 0 Å². The molecule has 1 aliphatic heterocycles. The van der Waals surface area contributed by atoms with Gasteiger partial charge < -0.3 is 4.74 Å². The molecule has 2 atom stereocenters. The normalized spacial score (nSPS) is 23.0. The molecule has 2 aliphatic rings. The van der Waals surface area contributed by atoms with Crippen molar-refractivity contribution in [3.05, 3.63) is 69.6 Å². The first-order valence-electron chi connectivity index (χ1n) is 10.4. The van der Waals surface area contributed by atoms with Crippen molar-refractivity contribution in [2.75, 3.05) is 6.61 Å². The Morgan fingerprint density at radius 1 is 1.17 bits per heavy atom. The fourth-order valence-corrected chi connectivity index (χ4v) is 5.40. The molecule has 0 fully saturated rings. The molecule has 1 aromatic heterocycles. The number of hydrogen-bond acceptors (Lipinski definition) is 5. The number of ether oxygens (including phenoxy) is 1. The average Bonchev–Trinajstić information content (AvgIpc) is 3.21. The highest BCUT2D eigenvalue weighted by atomic mass is 32.1. The lowest BCUT2D eigenvalue weighted by Gasteiger charge is -2.38. The van der Waals surface area contributed by atoms with Gasteiger partial charge in [-0.05, 0) is 35.8 Å². The molecule has 30 heavy (non-hydrogen) atoms. The quantitative estimate of drug-likeness (QED) is 0.612. The number of carbonyl (C=O) groups is 2. The zero-order valence-corrected chi connectivity index (χ0v) is 18.5. The SMILES string of the molecule is CC1=NC2=C(C(=O)CC(C)(C)C2)[C@@H](c2cccs2)C1C(=O)OCCc1ccccc1. The van der Waals surface area contributed by atoms with Crippen molar-refractivity contribution >= 4 is 28.8 Å². The Balaban J connectivity index is 1.61. The summed E-state index contributed by atoms with van der Waals surface area (Å²) in [6.45, 7) is 6.41. The monoisotopic (exact) mass is 421 g/mol. The van der Waals surface area contributed by atoms with E-state index in [4.69, 9.17) is 9.73 Å². The molecule has 1 aliphatic carbocycles. The second-order valence-corrected chi connectivity index (χ2v) is 9.91. The van der Waals surface area contributed by atoms with E-state index in [1.54, 1.807) is 11.3 Å². The zero-order valence-electron chi connectivity index (χ0n) is 17.7. The number of thiophene rings is 1. The van der Waals surface area contributed by atoms with Crippen LogP contribution in [-0.4, -0.2) is 24.1 Å². The van der Waals surface area contributed by atoms with Gasteiger partial charge in [0.25, 0.3) is 0 Å². The number of allylic oxidation sites excluding steroid dienone is 2.